The molecule has 1 aromatic heterocycles. The van der Waals surface area contributed by atoms with Gasteiger partial charge < -0.3 is 19.5 Å². The molecule has 0 radical (unpaired) electrons. The topological polar surface area (TPSA) is 70.8 Å². The highest BCUT2D eigenvalue weighted by molar-refractivity contribution is 5.88. The van der Waals surface area contributed by atoms with Crippen molar-refractivity contribution in [3.63, 3.8) is 0 Å². The number of piperazine rings is 1. The van der Waals surface area contributed by atoms with Gasteiger partial charge in [0.25, 0.3) is 0 Å². The number of benzene rings is 1. The maximum Gasteiger partial charge on any atom is 0.220 e. The van der Waals surface area contributed by atoms with E-state index >= 15 is 0 Å². The zero-order chi connectivity index (χ0) is 25.1. The normalized spacial score (nSPS) is 27.6. The maximum atomic E-state index is 13.7. The van der Waals surface area contributed by atoms with E-state index in [1.54, 1.807) is 7.11 Å². The van der Waals surface area contributed by atoms with Gasteiger partial charge in [-0.05, 0) is 75.8 Å². The molecule has 5 rings (SSSR count). The summed E-state index contributed by atoms with van der Waals surface area (Å²) in [6, 6.07) is 2.56. The van der Waals surface area contributed by atoms with Crippen molar-refractivity contribution < 1.29 is 22.8 Å². The third kappa shape index (κ3) is 5.99. The van der Waals surface area contributed by atoms with Crippen molar-refractivity contribution in [1.82, 2.24) is 15.4 Å². The first-order valence-corrected chi connectivity index (χ1v) is 13.5. The molecule has 2 aliphatic carbocycles. The highest BCUT2D eigenvalue weighted by atomic mass is 19.2. The fraction of sp³-hybridized carbons (Fsp3) is 0.704. The quantitative estimate of drug-likeness (QED) is 0.571. The van der Waals surface area contributed by atoms with Gasteiger partial charge in [0, 0.05) is 51.8 Å². The van der Waals surface area contributed by atoms with Gasteiger partial charge in [0.1, 0.15) is 0 Å². The average molecular weight is 505 g/mol. The van der Waals surface area contributed by atoms with Crippen LogP contribution in [0.2, 0.25) is 0 Å². The Morgan fingerprint density at radius 3 is 2.50 bits per heavy atom. The monoisotopic (exact) mass is 504 g/mol. The Bertz CT molecular complexity index is 1030. The minimum absolute atomic E-state index is 0.214. The van der Waals surface area contributed by atoms with Crippen LogP contribution in [0.1, 0.15) is 57.8 Å². The van der Waals surface area contributed by atoms with Crippen LogP contribution >= 0.6 is 0 Å². The predicted molar refractivity (Wildman–Crippen MR) is 134 cm³/mol. The molecule has 2 heterocycles. The van der Waals surface area contributed by atoms with Gasteiger partial charge in [-0.3, -0.25) is 9.69 Å². The lowest BCUT2D eigenvalue weighted by Gasteiger charge is -2.36. The Morgan fingerprint density at radius 2 is 1.78 bits per heavy atom. The summed E-state index contributed by atoms with van der Waals surface area (Å²) in [5.74, 6) is 0.191. The lowest BCUT2D eigenvalue weighted by atomic mass is 9.84. The number of methoxy groups -OCH3 is 1. The number of anilines is 1. The van der Waals surface area contributed by atoms with Crippen molar-refractivity contribution in [3.05, 3.63) is 23.8 Å². The first-order chi connectivity index (χ1) is 17.5. The number of nitrogens with zero attached hydrogens (tertiary/aromatic N) is 3. The predicted octanol–water partition coefficient (Wildman–Crippen LogP) is 4.50. The minimum Gasteiger partial charge on any atom is -0.381 e. The molecule has 7 nitrogen and oxygen atoms in total. The van der Waals surface area contributed by atoms with Crippen LogP contribution in [0, 0.1) is 23.5 Å². The Kier molecular flexibility index (Phi) is 8.06. The van der Waals surface area contributed by atoms with Gasteiger partial charge >= 0.3 is 0 Å². The molecule has 2 atom stereocenters. The molecule has 1 N–H and O–H groups in total. The molecule has 1 saturated heterocycles. The van der Waals surface area contributed by atoms with Crippen LogP contribution in [0.4, 0.5) is 14.6 Å². The number of halogens is 2. The van der Waals surface area contributed by atoms with E-state index in [1.165, 1.54) is 25.3 Å². The molecule has 0 unspecified atom stereocenters. The minimum atomic E-state index is -0.920. The van der Waals surface area contributed by atoms with Crippen molar-refractivity contribution in [1.29, 1.82) is 0 Å². The summed E-state index contributed by atoms with van der Waals surface area (Å²) in [5, 5.41) is 7.88. The zero-order valence-corrected chi connectivity index (χ0v) is 21.2. The molecule has 2 aromatic rings. The Labute approximate surface area is 211 Å². The van der Waals surface area contributed by atoms with Crippen molar-refractivity contribution >= 4 is 22.7 Å². The third-order valence-corrected chi connectivity index (χ3v) is 8.53. The van der Waals surface area contributed by atoms with E-state index in [0.29, 0.717) is 41.6 Å². The Morgan fingerprint density at radius 1 is 1.06 bits per heavy atom. The van der Waals surface area contributed by atoms with E-state index in [-0.39, 0.29) is 11.5 Å². The number of nitrogens with one attached hydrogen (secondary N) is 1. The summed E-state index contributed by atoms with van der Waals surface area (Å²) in [7, 11) is 1.76. The maximum absolute atomic E-state index is 13.7. The van der Waals surface area contributed by atoms with Crippen molar-refractivity contribution in [2.45, 2.75) is 69.9 Å². The third-order valence-electron chi connectivity index (χ3n) is 8.53. The van der Waals surface area contributed by atoms with Crippen LogP contribution in [0.15, 0.2) is 16.7 Å². The Balaban J connectivity index is 0.996. The highest BCUT2D eigenvalue weighted by Crippen LogP contribution is 2.32. The lowest BCUT2D eigenvalue weighted by Crippen LogP contribution is -2.47. The van der Waals surface area contributed by atoms with Crippen molar-refractivity contribution in [2.24, 2.45) is 11.8 Å². The summed E-state index contributed by atoms with van der Waals surface area (Å²) >= 11 is 0. The molecule has 1 amide bonds. The van der Waals surface area contributed by atoms with Crippen LogP contribution in [-0.4, -0.2) is 67.9 Å². The smallest absolute Gasteiger partial charge is 0.220 e. The second-order valence-corrected chi connectivity index (χ2v) is 10.9. The van der Waals surface area contributed by atoms with Crippen LogP contribution in [0.3, 0.4) is 0 Å². The van der Waals surface area contributed by atoms with E-state index in [4.69, 9.17) is 9.26 Å². The number of hydrogen-bond donors (Lipinski definition) is 1. The van der Waals surface area contributed by atoms with E-state index in [2.05, 4.69) is 20.3 Å². The molecule has 0 spiro atoms. The summed E-state index contributed by atoms with van der Waals surface area (Å²) in [6.07, 6.45) is 9.84. The van der Waals surface area contributed by atoms with Gasteiger partial charge in [-0.1, -0.05) is 5.16 Å². The van der Waals surface area contributed by atoms with Crippen LogP contribution in [0.25, 0.3) is 11.0 Å². The zero-order valence-electron chi connectivity index (χ0n) is 21.2. The van der Waals surface area contributed by atoms with Crippen LogP contribution < -0.4 is 10.2 Å². The van der Waals surface area contributed by atoms with E-state index in [0.717, 1.165) is 70.9 Å². The number of ether oxygens (including phenoxy) is 1. The largest absolute Gasteiger partial charge is 0.381 e. The van der Waals surface area contributed by atoms with Crippen LogP contribution in [-0.2, 0) is 9.53 Å². The molecule has 1 aliphatic heterocycles. The number of rotatable bonds is 8. The van der Waals surface area contributed by atoms with Gasteiger partial charge in [0.05, 0.1) is 11.5 Å². The van der Waals surface area contributed by atoms with E-state index < -0.39 is 11.6 Å². The van der Waals surface area contributed by atoms with Gasteiger partial charge in [-0.15, -0.1) is 0 Å². The standard InChI is InChI=1S/C27H38F2N4O3/c1-35-21-7-4-19(14-21)15-26(34)30-20-5-2-18(3-6-20)8-9-32-10-12-33(13-11-32)27-22-16-23(28)24(29)17-25(22)36-31-27/h16-21H,2-15H2,1H3,(H,30,34)/t18?,19-,20?,21-/m0/s1. The summed E-state index contributed by atoms with van der Waals surface area (Å²) in [6.45, 7) is 4.46. The van der Waals surface area contributed by atoms with Crippen molar-refractivity contribution in [3.8, 4) is 0 Å². The number of carbonyl (C=O) groups is 1. The first kappa shape index (κ1) is 25.4. The molecule has 2 saturated carbocycles. The highest BCUT2D eigenvalue weighted by Gasteiger charge is 2.29. The van der Waals surface area contributed by atoms with Crippen molar-refractivity contribution in [2.75, 3.05) is 44.7 Å². The fourth-order valence-corrected chi connectivity index (χ4v) is 6.27. The lowest BCUT2D eigenvalue weighted by molar-refractivity contribution is -0.123. The van der Waals surface area contributed by atoms with Gasteiger partial charge in [0.2, 0.25) is 5.91 Å². The summed E-state index contributed by atoms with van der Waals surface area (Å²) in [5.41, 5.74) is 0.274. The number of hydrogen-bond acceptors (Lipinski definition) is 6. The fourth-order valence-electron chi connectivity index (χ4n) is 6.27. The van der Waals surface area contributed by atoms with Gasteiger partial charge in [-0.25, -0.2) is 8.78 Å². The first-order valence-electron chi connectivity index (χ1n) is 13.5. The average Bonchev–Trinajstić information content (AvgIpc) is 3.51. The number of amides is 1. The number of fused-ring (bicyclic) bond motifs is 1. The number of aromatic nitrogens is 1. The molecular weight excluding hydrogens is 466 g/mol. The summed E-state index contributed by atoms with van der Waals surface area (Å²) < 4.78 is 37.8. The van der Waals surface area contributed by atoms with Crippen LogP contribution in [0.5, 0.6) is 0 Å². The van der Waals surface area contributed by atoms with E-state index in [9.17, 15) is 13.6 Å². The molecule has 3 aliphatic rings. The molecule has 9 heteroatoms. The second kappa shape index (κ2) is 11.4. The molecule has 1 aromatic carbocycles. The van der Waals surface area contributed by atoms with Gasteiger partial charge in [0.15, 0.2) is 23.0 Å². The molecular formula is C27H38F2N4O3. The van der Waals surface area contributed by atoms with E-state index in [1.807, 2.05) is 0 Å². The molecule has 3 fully saturated rings. The molecule has 36 heavy (non-hydrogen) atoms. The molecule has 0 bridgehead atoms. The SMILES string of the molecule is CO[C@H]1CC[C@H](CC(=O)NC2CCC(CCN3CCN(c4noc5cc(F)c(F)cc45)CC3)CC2)C1. The second-order valence-electron chi connectivity index (χ2n) is 10.9. The summed E-state index contributed by atoms with van der Waals surface area (Å²) in [4.78, 5) is 17.0. The Hall–Kier alpha value is -2.26. The molecule has 198 valence electrons. The number of carbonyl (C=O) groups excluding carboxylic acids is 1. The van der Waals surface area contributed by atoms with Gasteiger partial charge in [-0.2, -0.15) is 0 Å².